The maximum atomic E-state index is 5.66. The highest BCUT2D eigenvalue weighted by atomic mass is 32.1. The minimum atomic E-state index is 0.661. The van der Waals surface area contributed by atoms with Crippen molar-refractivity contribution >= 4 is 141 Å². The van der Waals surface area contributed by atoms with Gasteiger partial charge < -0.3 is 0 Å². The van der Waals surface area contributed by atoms with E-state index in [1.165, 1.54) is 41.9 Å². The Labute approximate surface area is 593 Å². The van der Waals surface area contributed by atoms with Crippen LogP contribution < -0.4 is 9.80 Å². The van der Waals surface area contributed by atoms with Gasteiger partial charge in [0.15, 0.2) is 11.6 Å². The molecule has 0 spiro atoms. The molecular weight excluding hydrogens is 1280 g/mol. The van der Waals surface area contributed by atoms with Crippen molar-refractivity contribution in [2.45, 2.75) is 0 Å². The summed E-state index contributed by atoms with van der Waals surface area (Å²) >= 11 is 3.51. The van der Waals surface area contributed by atoms with Gasteiger partial charge in [0.1, 0.15) is 11.6 Å². The first-order valence-electron chi connectivity index (χ1n) is 34.4. The second kappa shape index (κ2) is 22.2. The third kappa shape index (κ3) is 8.73. The Bertz CT molecular complexity index is 6920. The molecule has 0 N–H and O–H groups in total. The van der Waals surface area contributed by atoms with Crippen LogP contribution in [0.5, 0.6) is 0 Å². The van der Waals surface area contributed by atoms with Crippen LogP contribution in [-0.4, -0.2) is 29.1 Å². The zero-order valence-electron chi connectivity index (χ0n) is 54.6. The molecular formula is C92H54N8S2. The number of hydrogen-bond donors (Lipinski definition) is 0. The molecule has 0 saturated heterocycles. The third-order valence-corrected chi connectivity index (χ3v) is 23.0. The fourth-order valence-electron chi connectivity index (χ4n) is 16.0. The van der Waals surface area contributed by atoms with Gasteiger partial charge in [0.2, 0.25) is 0 Å². The first-order chi connectivity index (χ1) is 50.5. The molecule has 6 aromatic heterocycles. The van der Waals surface area contributed by atoms with Crippen LogP contribution in [0.1, 0.15) is 0 Å². The van der Waals surface area contributed by atoms with Crippen molar-refractivity contribution < 1.29 is 0 Å². The normalized spacial score (nSPS) is 12.5. The number of nitrogens with zero attached hydrogens (tertiary/aromatic N) is 8. The maximum absolute atomic E-state index is 5.66. The Morgan fingerprint density at radius 3 is 1.38 bits per heavy atom. The van der Waals surface area contributed by atoms with E-state index < -0.39 is 0 Å². The summed E-state index contributed by atoms with van der Waals surface area (Å²) < 4.78 is 9.39. The molecule has 0 fully saturated rings. The molecule has 474 valence electrons. The average molecular weight is 1340 g/mol. The topological polar surface area (TPSA) is 67.9 Å². The molecule has 14 aromatic carbocycles. The van der Waals surface area contributed by atoms with E-state index >= 15 is 0 Å². The average Bonchev–Trinajstić information content (AvgIpc) is 1.58. The molecule has 0 aliphatic carbocycles. The van der Waals surface area contributed by atoms with Gasteiger partial charge in [-0.25, -0.2) is 19.9 Å². The molecule has 0 unspecified atom stereocenters. The lowest BCUT2D eigenvalue weighted by atomic mass is 9.94. The summed E-state index contributed by atoms with van der Waals surface area (Å²) in [5.41, 5.74) is 23.1. The molecule has 20 aromatic rings. The molecule has 0 atom stereocenters. The van der Waals surface area contributed by atoms with Gasteiger partial charge in [0, 0.05) is 86.8 Å². The van der Waals surface area contributed by atoms with Crippen LogP contribution in [0.3, 0.4) is 0 Å². The van der Waals surface area contributed by atoms with Crippen LogP contribution in [0, 0.1) is 0 Å². The zero-order valence-corrected chi connectivity index (χ0v) is 56.2. The molecule has 8 nitrogen and oxygen atoms in total. The Kier molecular flexibility index (Phi) is 12.4. The predicted octanol–water partition coefficient (Wildman–Crippen LogP) is 25.4. The summed E-state index contributed by atoms with van der Waals surface area (Å²) in [6, 6.07) is 119. The SMILES string of the molecule is c1ccc(-c2nc(-c3cccc(N4c5cc(-c6ccc(-c7nc(-c8cccc(N9c%10ccccc%10-c%10ccccc%10-n%10c9cc9cc%11ccccc%11cc9%10)c8)nc8c7sc7ccccc78)cc6)ccc5-c5cc6ccccc6cc5-n5c4cc4ccccc45)c3)nc3c2sc2ccccc23)cc1. The van der Waals surface area contributed by atoms with Crippen molar-refractivity contribution in [3.63, 3.8) is 0 Å². The predicted molar refractivity (Wildman–Crippen MR) is 427 cm³/mol. The van der Waals surface area contributed by atoms with Gasteiger partial charge >= 0.3 is 0 Å². The largest absolute Gasteiger partial charge is 0.295 e. The summed E-state index contributed by atoms with van der Waals surface area (Å²) in [5, 5.41) is 9.34. The van der Waals surface area contributed by atoms with Crippen molar-refractivity contribution in [2.75, 3.05) is 9.80 Å². The Balaban J connectivity index is 0.696. The molecule has 0 radical (unpaired) electrons. The van der Waals surface area contributed by atoms with Gasteiger partial charge in [0.25, 0.3) is 0 Å². The van der Waals surface area contributed by atoms with E-state index in [1.54, 1.807) is 22.7 Å². The third-order valence-electron chi connectivity index (χ3n) is 20.7. The van der Waals surface area contributed by atoms with E-state index in [0.717, 1.165) is 155 Å². The zero-order chi connectivity index (χ0) is 66.7. The van der Waals surface area contributed by atoms with Crippen molar-refractivity contribution in [3.05, 3.63) is 328 Å². The van der Waals surface area contributed by atoms with Gasteiger partial charge in [-0.05, 0) is 130 Å². The lowest BCUT2D eigenvalue weighted by molar-refractivity contribution is 1.09. The van der Waals surface area contributed by atoms with Crippen molar-refractivity contribution in [2.24, 2.45) is 0 Å². The molecule has 10 heteroatoms. The first-order valence-corrected chi connectivity index (χ1v) is 36.0. The van der Waals surface area contributed by atoms with Crippen LogP contribution >= 0.6 is 22.7 Å². The molecule has 0 bridgehead atoms. The van der Waals surface area contributed by atoms with Gasteiger partial charge in [0.05, 0.1) is 65.6 Å². The lowest BCUT2D eigenvalue weighted by Crippen LogP contribution is -2.13. The number of anilines is 6. The standard InChI is InChI=1S/C92H54N8S2/c1-2-20-56(21-3-1)85-89-87(72-33-11-16-38-81(72)101-89)95-91(93-85)65-28-19-30-68(48-65)98-79-52-62(44-45-71(79)74-49-59-23-5-7-25-61(59)51-80(74)99-75-35-13-8-26-63(75)53-83(98)99)55-40-42-57(43-41-55)86-90-88(73-34-12-17-39-82(73)102-90)96-92(94-86)64-27-18-29-67(47-64)97-76-36-14-9-31-69(76)70-32-10-15-37-77(70)100-78-50-60-24-6-4-22-58(60)46-66(78)54-84(97)100/h1-54H. The van der Waals surface area contributed by atoms with E-state index in [9.17, 15) is 0 Å². The Morgan fingerprint density at radius 1 is 0.245 bits per heavy atom. The van der Waals surface area contributed by atoms with Crippen LogP contribution in [0.2, 0.25) is 0 Å². The van der Waals surface area contributed by atoms with Crippen LogP contribution in [0.4, 0.5) is 34.4 Å². The highest BCUT2D eigenvalue weighted by Crippen LogP contribution is 2.54. The van der Waals surface area contributed by atoms with E-state index in [4.69, 9.17) is 19.9 Å². The van der Waals surface area contributed by atoms with Gasteiger partial charge in [-0.3, -0.25) is 18.9 Å². The van der Waals surface area contributed by atoms with Crippen molar-refractivity contribution in [1.29, 1.82) is 0 Å². The van der Waals surface area contributed by atoms with E-state index in [2.05, 4.69) is 347 Å². The Hall–Kier alpha value is -13.1. The quantitative estimate of drug-likeness (QED) is 0.158. The van der Waals surface area contributed by atoms with E-state index in [1.807, 2.05) is 0 Å². The minimum Gasteiger partial charge on any atom is -0.295 e. The second-order valence-corrected chi connectivity index (χ2v) is 28.6. The summed E-state index contributed by atoms with van der Waals surface area (Å²) in [4.78, 5) is 27.0. The van der Waals surface area contributed by atoms with Gasteiger partial charge in [-0.15, -0.1) is 22.7 Å². The highest BCUT2D eigenvalue weighted by molar-refractivity contribution is 7.26. The highest BCUT2D eigenvalue weighted by Gasteiger charge is 2.32. The van der Waals surface area contributed by atoms with E-state index in [0.29, 0.717) is 11.6 Å². The molecule has 0 saturated carbocycles. The number of rotatable bonds is 7. The van der Waals surface area contributed by atoms with Crippen LogP contribution in [0.25, 0.3) is 174 Å². The van der Waals surface area contributed by atoms with Gasteiger partial charge in [-0.1, -0.05) is 231 Å². The molecule has 8 heterocycles. The molecule has 22 rings (SSSR count). The number of thiophene rings is 2. The smallest absolute Gasteiger partial charge is 0.160 e. The molecule has 2 aliphatic heterocycles. The van der Waals surface area contributed by atoms with Crippen LogP contribution in [-0.2, 0) is 0 Å². The second-order valence-electron chi connectivity index (χ2n) is 26.5. The van der Waals surface area contributed by atoms with Crippen molar-refractivity contribution in [3.8, 4) is 90.0 Å². The molecule has 0 amide bonds. The summed E-state index contributed by atoms with van der Waals surface area (Å²) in [6.45, 7) is 0. The fourth-order valence-corrected chi connectivity index (χ4v) is 18.3. The summed E-state index contributed by atoms with van der Waals surface area (Å²) in [7, 11) is 0. The summed E-state index contributed by atoms with van der Waals surface area (Å²) in [6.07, 6.45) is 0. The number of para-hydroxylation sites is 3. The number of fused-ring (bicyclic) bond motifs is 22. The van der Waals surface area contributed by atoms with Gasteiger partial charge in [-0.2, -0.15) is 0 Å². The minimum absolute atomic E-state index is 0.661. The Morgan fingerprint density at radius 2 is 0.716 bits per heavy atom. The molecule has 102 heavy (non-hydrogen) atoms. The summed E-state index contributed by atoms with van der Waals surface area (Å²) in [5.74, 6) is 3.41. The maximum Gasteiger partial charge on any atom is 0.160 e. The lowest BCUT2D eigenvalue weighted by Gasteiger charge is -2.27. The number of aromatic nitrogens is 6. The van der Waals surface area contributed by atoms with Crippen molar-refractivity contribution in [1.82, 2.24) is 29.1 Å². The van der Waals surface area contributed by atoms with Crippen LogP contribution in [0.15, 0.2) is 328 Å². The number of benzene rings is 14. The molecule has 2 aliphatic rings. The fraction of sp³-hybridized carbons (Fsp3) is 0. The van der Waals surface area contributed by atoms with E-state index in [-0.39, 0.29) is 0 Å². The first kappa shape index (κ1) is 56.9. The number of hydrogen-bond acceptors (Lipinski definition) is 8. The monoisotopic (exact) mass is 1330 g/mol.